The predicted octanol–water partition coefficient (Wildman–Crippen LogP) is 4.60. The number of ether oxygens (including phenoxy) is 1. The zero-order valence-corrected chi connectivity index (χ0v) is 18.3. The Balaban J connectivity index is 2.09. The van der Waals surface area contributed by atoms with E-state index >= 15 is 0 Å². The molecule has 0 spiro atoms. The molecule has 1 fully saturated rings. The average molecular weight is 458 g/mol. The summed E-state index contributed by atoms with van der Waals surface area (Å²) in [6.07, 6.45) is 0.0211. The van der Waals surface area contributed by atoms with Gasteiger partial charge in [0.1, 0.15) is 5.76 Å². The minimum atomic E-state index is -0.679. The van der Waals surface area contributed by atoms with Crippen molar-refractivity contribution in [2.45, 2.75) is 32.9 Å². The van der Waals surface area contributed by atoms with E-state index in [1.807, 2.05) is 57.2 Å². The van der Waals surface area contributed by atoms with Gasteiger partial charge in [-0.05, 0) is 44.0 Å². The number of halogens is 1. The molecule has 1 heterocycles. The van der Waals surface area contributed by atoms with Crippen LogP contribution in [-0.4, -0.2) is 41.0 Å². The number of rotatable bonds is 6. The lowest BCUT2D eigenvalue weighted by atomic mass is 9.95. The summed E-state index contributed by atoms with van der Waals surface area (Å²) >= 11 is 3.44. The summed E-state index contributed by atoms with van der Waals surface area (Å²) < 4.78 is 6.49. The summed E-state index contributed by atoms with van der Waals surface area (Å²) in [7, 11) is 0. The molecule has 3 rings (SSSR count). The molecule has 5 nitrogen and oxygen atoms in total. The van der Waals surface area contributed by atoms with E-state index in [2.05, 4.69) is 15.9 Å². The molecule has 0 aliphatic carbocycles. The second kappa shape index (κ2) is 8.93. The Hall–Kier alpha value is -2.44. The minimum absolute atomic E-state index is 0.0211. The molecule has 1 N–H and O–H groups in total. The molecule has 2 aromatic carbocycles. The fourth-order valence-corrected chi connectivity index (χ4v) is 3.67. The Labute approximate surface area is 179 Å². The van der Waals surface area contributed by atoms with Crippen LogP contribution in [-0.2, 0) is 14.3 Å². The topological polar surface area (TPSA) is 66.8 Å². The summed E-state index contributed by atoms with van der Waals surface area (Å²) in [6.45, 7) is 6.30. The maximum atomic E-state index is 12.9. The van der Waals surface area contributed by atoms with Crippen molar-refractivity contribution in [3.05, 3.63) is 75.3 Å². The second-order valence-electron chi connectivity index (χ2n) is 7.29. The lowest BCUT2D eigenvalue weighted by Gasteiger charge is -2.25. The predicted molar refractivity (Wildman–Crippen MR) is 115 cm³/mol. The number of amides is 1. The zero-order chi connectivity index (χ0) is 21.1. The van der Waals surface area contributed by atoms with Crippen molar-refractivity contribution in [1.29, 1.82) is 0 Å². The van der Waals surface area contributed by atoms with Crippen LogP contribution in [0.5, 0.6) is 0 Å². The number of carbonyl (C=O) groups excluding carboxylic acids is 2. The smallest absolute Gasteiger partial charge is 0.295 e. The average Bonchev–Trinajstić information content (AvgIpc) is 2.95. The minimum Gasteiger partial charge on any atom is -0.507 e. The van der Waals surface area contributed by atoms with Gasteiger partial charge in [-0.15, -0.1) is 0 Å². The SMILES string of the molecule is Cc1cc(/C(O)=C2/C(=O)C(=O)N(CCOC(C)C)C2c2ccccc2)ccc1Br. The van der Waals surface area contributed by atoms with Crippen molar-refractivity contribution >= 4 is 33.4 Å². The van der Waals surface area contributed by atoms with E-state index in [0.29, 0.717) is 12.2 Å². The number of aliphatic hydroxyl groups excluding tert-OH is 1. The van der Waals surface area contributed by atoms with Crippen LogP contribution in [0, 0.1) is 6.92 Å². The van der Waals surface area contributed by atoms with E-state index < -0.39 is 17.7 Å². The molecule has 1 saturated heterocycles. The molecule has 152 valence electrons. The highest BCUT2D eigenvalue weighted by atomic mass is 79.9. The van der Waals surface area contributed by atoms with Crippen molar-refractivity contribution in [1.82, 2.24) is 4.90 Å². The van der Waals surface area contributed by atoms with E-state index in [-0.39, 0.29) is 24.0 Å². The molecule has 29 heavy (non-hydrogen) atoms. The van der Waals surface area contributed by atoms with Crippen molar-refractivity contribution in [3.8, 4) is 0 Å². The number of benzene rings is 2. The quantitative estimate of drug-likeness (QED) is 0.390. The number of hydrogen-bond acceptors (Lipinski definition) is 4. The van der Waals surface area contributed by atoms with Crippen LogP contribution in [0.3, 0.4) is 0 Å². The molecule has 1 aliphatic heterocycles. The Morgan fingerprint density at radius 1 is 1.17 bits per heavy atom. The summed E-state index contributed by atoms with van der Waals surface area (Å²) in [4.78, 5) is 27.2. The van der Waals surface area contributed by atoms with Crippen LogP contribution in [0.4, 0.5) is 0 Å². The van der Waals surface area contributed by atoms with E-state index in [1.165, 1.54) is 4.90 Å². The molecule has 0 saturated carbocycles. The number of hydrogen-bond donors (Lipinski definition) is 1. The highest BCUT2D eigenvalue weighted by molar-refractivity contribution is 9.10. The van der Waals surface area contributed by atoms with E-state index in [4.69, 9.17) is 4.74 Å². The number of Topliss-reactive ketones (excluding diaryl/α,β-unsaturated/α-hetero) is 1. The molecule has 1 atom stereocenters. The number of nitrogens with zero attached hydrogens (tertiary/aromatic N) is 1. The molecular weight excluding hydrogens is 434 g/mol. The number of likely N-dealkylation sites (tertiary alicyclic amines) is 1. The summed E-state index contributed by atoms with van der Waals surface area (Å²) in [5.74, 6) is -1.47. The molecule has 6 heteroatoms. The third-order valence-electron chi connectivity index (χ3n) is 4.87. The first kappa shape index (κ1) is 21.3. The summed E-state index contributed by atoms with van der Waals surface area (Å²) in [5, 5.41) is 11.0. The zero-order valence-electron chi connectivity index (χ0n) is 16.7. The molecule has 1 unspecified atom stereocenters. The third-order valence-corrected chi connectivity index (χ3v) is 5.76. The van der Waals surface area contributed by atoms with Gasteiger partial charge in [0.15, 0.2) is 0 Å². The van der Waals surface area contributed by atoms with Crippen LogP contribution in [0.2, 0.25) is 0 Å². The number of aliphatic hydroxyl groups is 1. The molecule has 1 aliphatic rings. The van der Waals surface area contributed by atoms with Crippen LogP contribution < -0.4 is 0 Å². The van der Waals surface area contributed by atoms with Gasteiger partial charge in [0.2, 0.25) is 0 Å². The first-order valence-electron chi connectivity index (χ1n) is 9.52. The highest BCUT2D eigenvalue weighted by Crippen LogP contribution is 2.39. The fourth-order valence-electron chi connectivity index (χ4n) is 3.43. The van der Waals surface area contributed by atoms with Crippen molar-refractivity contribution in [3.63, 3.8) is 0 Å². The lowest BCUT2D eigenvalue weighted by molar-refractivity contribution is -0.140. The molecular formula is C23H24BrNO4. The standard InChI is InChI=1S/C23H24BrNO4/c1-14(2)29-12-11-25-20(16-7-5-4-6-8-16)19(22(27)23(25)28)21(26)17-9-10-18(24)15(3)13-17/h4-10,13-14,20,26H,11-12H2,1-3H3/b21-19-. The molecule has 1 amide bonds. The Morgan fingerprint density at radius 3 is 2.48 bits per heavy atom. The number of aryl methyl sites for hydroxylation is 1. The first-order chi connectivity index (χ1) is 13.8. The van der Waals surface area contributed by atoms with Gasteiger partial charge in [-0.3, -0.25) is 9.59 Å². The summed E-state index contributed by atoms with van der Waals surface area (Å²) in [6, 6.07) is 14.0. The highest BCUT2D eigenvalue weighted by Gasteiger charge is 2.45. The van der Waals surface area contributed by atoms with E-state index in [1.54, 1.807) is 12.1 Å². The number of carbonyl (C=O) groups is 2. The van der Waals surface area contributed by atoms with Crippen LogP contribution >= 0.6 is 15.9 Å². The van der Waals surface area contributed by atoms with Crippen molar-refractivity contribution in [2.75, 3.05) is 13.2 Å². The van der Waals surface area contributed by atoms with Crippen molar-refractivity contribution < 1.29 is 19.4 Å². The maximum absolute atomic E-state index is 12.9. The maximum Gasteiger partial charge on any atom is 0.295 e. The van der Waals surface area contributed by atoms with Gasteiger partial charge < -0.3 is 14.7 Å². The van der Waals surface area contributed by atoms with E-state index in [9.17, 15) is 14.7 Å². The van der Waals surface area contributed by atoms with Gasteiger partial charge in [-0.1, -0.05) is 52.3 Å². The van der Waals surface area contributed by atoms with Gasteiger partial charge in [-0.2, -0.15) is 0 Å². The Kier molecular flexibility index (Phi) is 6.55. The van der Waals surface area contributed by atoms with Gasteiger partial charge in [0, 0.05) is 16.6 Å². The van der Waals surface area contributed by atoms with Crippen LogP contribution in [0.15, 0.2) is 58.6 Å². The van der Waals surface area contributed by atoms with Gasteiger partial charge in [0.25, 0.3) is 11.7 Å². The van der Waals surface area contributed by atoms with Crippen LogP contribution in [0.1, 0.15) is 36.6 Å². The monoisotopic (exact) mass is 457 g/mol. The lowest BCUT2D eigenvalue weighted by Crippen LogP contribution is -2.33. The van der Waals surface area contributed by atoms with Gasteiger partial charge >= 0.3 is 0 Å². The van der Waals surface area contributed by atoms with Gasteiger partial charge in [0.05, 0.1) is 24.3 Å². The normalized spacial score (nSPS) is 18.7. The molecule has 0 aromatic heterocycles. The van der Waals surface area contributed by atoms with Crippen LogP contribution in [0.25, 0.3) is 5.76 Å². The number of ketones is 1. The Bertz CT molecular complexity index is 953. The first-order valence-corrected chi connectivity index (χ1v) is 10.3. The summed E-state index contributed by atoms with van der Waals surface area (Å²) in [5.41, 5.74) is 2.30. The van der Waals surface area contributed by atoms with Crippen molar-refractivity contribution in [2.24, 2.45) is 0 Å². The van der Waals surface area contributed by atoms with Gasteiger partial charge in [-0.25, -0.2) is 0 Å². The largest absolute Gasteiger partial charge is 0.507 e. The fraction of sp³-hybridized carbons (Fsp3) is 0.304. The molecule has 2 aromatic rings. The third kappa shape index (κ3) is 4.43. The molecule has 0 bridgehead atoms. The van der Waals surface area contributed by atoms with E-state index in [0.717, 1.165) is 15.6 Å². The second-order valence-corrected chi connectivity index (χ2v) is 8.14. The Morgan fingerprint density at radius 2 is 1.86 bits per heavy atom. The molecule has 0 radical (unpaired) electrons.